The predicted molar refractivity (Wildman–Crippen MR) is 102 cm³/mol. The lowest BCUT2D eigenvalue weighted by Gasteiger charge is -2.23. The lowest BCUT2D eigenvalue weighted by atomic mass is 10.2. The Morgan fingerprint density at radius 1 is 1.04 bits per heavy atom. The van der Waals surface area contributed by atoms with Gasteiger partial charge in [0.15, 0.2) is 0 Å². The highest BCUT2D eigenvalue weighted by molar-refractivity contribution is 7.90. The number of hydrogen-bond donors (Lipinski definition) is 1. The highest BCUT2D eigenvalue weighted by Crippen LogP contribution is 2.30. The van der Waals surface area contributed by atoms with Crippen molar-refractivity contribution in [2.75, 3.05) is 11.4 Å². The first-order valence-corrected chi connectivity index (χ1v) is 10.2. The van der Waals surface area contributed by atoms with Gasteiger partial charge in [0, 0.05) is 12.2 Å². The molecule has 0 atom stereocenters. The van der Waals surface area contributed by atoms with Gasteiger partial charge >= 0.3 is 12.1 Å². The van der Waals surface area contributed by atoms with Gasteiger partial charge in [0.25, 0.3) is 15.9 Å². The van der Waals surface area contributed by atoms with Gasteiger partial charge in [-0.1, -0.05) is 43.7 Å². The number of para-hydroxylation sites is 1. The van der Waals surface area contributed by atoms with E-state index in [9.17, 15) is 22.8 Å². The number of carbonyl (C=O) groups excluding carboxylic acids is 3. The Bertz CT molecular complexity index is 1020. The Kier molecular flexibility index (Phi) is 5.46. The molecule has 0 spiro atoms. The lowest BCUT2D eigenvalue weighted by Crippen LogP contribution is -2.50. The van der Waals surface area contributed by atoms with Crippen LogP contribution in [0.3, 0.4) is 0 Å². The van der Waals surface area contributed by atoms with Crippen molar-refractivity contribution in [1.29, 1.82) is 0 Å². The van der Waals surface area contributed by atoms with Gasteiger partial charge in [-0.2, -0.15) is 0 Å². The standard InChI is InChI=1S/C19H19N3O5S/c1-2-3-13-21(14-9-5-4-6-10-14)18(24)20-19(25)22-17(23)15-11-7-8-12-16(15)28(22,26)27/h4-12H,2-3,13H2,1H3,(H,20,24,25). The van der Waals surface area contributed by atoms with E-state index in [2.05, 4.69) is 0 Å². The predicted octanol–water partition coefficient (Wildman–Crippen LogP) is 2.97. The largest absolute Gasteiger partial charge is 0.346 e. The van der Waals surface area contributed by atoms with Gasteiger partial charge in [0.05, 0.1) is 5.56 Å². The fraction of sp³-hybridized carbons (Fsp3) is 0.211. The molecule has 28 heavy (non-hydrogen) atoms. The third-order valence-corrected chi connectivity index (χ3v) is 5.99. The van der Waals surface area contributed by atoms with Crippen LogP contribution >= 0.6 is 0 Å². The summed E-state index contributed by atoms with van der Waals surface area (Å²) >= 11 is 0. The zero-order chi connectivity index (χ0) is 20.3. The Labute approximate surface area is 162 Å². The minimum atomic E-state index is -4.35. The van der Waals surface area contributed by atoms with Crippen molar-refractivity contribution in [3.8, 4) is 0 Å². The number of nitrogens with zero attached hydrogens (tertiary/aromatic N) is 2. The van der Waals surface area contributed by atoms with Gasteiger partial charge in [-0.25, -0.2) is 18.0 Å². The van der Waals surface area contributed by atoms with Crippen molar-refractivity contribution in [3.05, 3.63) is 60.2 Å². The van der Waals surface area contributed by atoms with Crippen molar-refractivity contribution < 1.29 is 22.8 Å². The fourth-order valence-electron chi connectivity index (χ4n) is 2.87. The molecule has 5 amide bonds. The molecule has 8 nitrogen and oxygen atoms in total. The molecular weight excluding hydrogens is 382 g/mol. The van der Waals surface area contributed by atoms with E-state index >= 15 is 0 Å². The number of rotatable bonds is 4. The van der Waals surface area contributed by atoms with Crippen molar-refractivity contribution in [2.24, 2.45) is 0 Å². The molecule has 146 valence electrons. The topological polar surface area (TPSA) is 104 Å². The van der Waals surface area contributed by atoms with Crippen LogP contribution in [-0.4, -0.2) is 37.2 Å². The van der Waals surface area contributed by atoms with Crippen LogP contribution in [0.4, 0.5) is 15.3 Å². The summed E-state index contributed by atoms with van der Waals surface area (Å²) in [5.41, 5.74) is 0.455. The number of anilines is 1. The molecule has 1 heterocycles. The van der Waals surface area contributed by atoms with Gasteiger partial charge in [-0.15, -0.1) is 4.31 Å². The molecule has 0 radical (unpaired) electrons. The lowest BCUT2D eigenvalue weighted by molar-refractivity contribution is 0.0895. The van der Waals surface area contributed by atoms with E-state index in [0.29, 0.717) is 18.7 Å². The SMILES string of the molecule is CCCCN(C(=O)NC(=O)N1C(=O)c2ccccc2S1(=O)=O)c1ccccc1. The van der Waals surface area contributed by atoms with Crippen molar-refractivity contribution >= 4 is 33.7 Å². The maximum atomic E-state index is 12.7. The summed E-state index contributed by atoms with van der Waals surface area (Å²) < 4.78 is 25.2. The fourth-order valence-corrected chi connectivity index (χ4v) is 4.33. The molecule has 1 N–H and O–H groups in total. The third kappa shape index (κ3) is 3.48. The number of sulfonamides is 1. The summed E-state index contributed by atoms with van der Waals surface area (Å²) in [6, 6.07) is 12.1. The van der Waals surface area contributed by atoms with Crippen LogP contribution in [0.5, 0.6) is 0 Å². The zero-order valence-electron chi connectivity index (χ0n) is 15.2. The van der Waals surface area contributed by atoms with Gasteiger partial charge < -0.3 is 0 Å². The molecule has 9 heteroatoms. The summed E-state index contributed by atoms with van der Waals surface area (Å²) in [5, 5.41) is 2.02. The van der Waals surface area contributed by atoms with Crippen LogP contribution in [0, 0.1) is 0 Å². The maximum Gasteiger partial charge on any atom is 0.346 e. The smallest absolute Gasteiger partial charge is 0.294 e. The number of nitrogens with one attached hydrogen (secondary N) is 1. The molecule has 2 aromatic rings. The van der Waals surface area contributed by atoms with Gasteiger partial charge in [0.2, 0.25) is 0 Å². The van der Waals surface area contributed by atoms with Gasteiger partial charge in [0.1, 0.15) is 4.90 Å². The first-order chi connectivity index (χ1) is 13.4. The number of amides is 5. The number of imide groups is 2. The molecule has 0 fully saturated rings. The highest BCUT2D eigenvalue weighted by atomic mass is 32.2. The highest BCUT2D eigenvalue weighted by Gasteiger charge is 2.45. The molecular formula is C19H19N3O5S. The normalized spacial score (nSPS) is 14.5. The van der Waals surface area contributed by atoms with E-state index in [1.165, 1.54) is 29.2 Å². The maximum absolute atomic E-state index is 12.7. The molecule has 0 saturated carbocycles. The van der Waals surface area contributed by atoms with Crippen LogP contribution < -0.4 is 10.2 Å². The van der Waals surface area contributed by atoms with Gasteiger partial charge in [-0.05, 0) is 30.7 Å². The summed E-state index contributed by atoms with van der Waals surface area (Å²) in [6.07, 6.45) is 1.50. The van der Waals surface area contributed by atoms with Gasteiger partial charge in [-0.3, -0.25) is 15.0 Å². The number of unbranched alkanes of at least 4 members (excludes halogenated alkanes) is 1. The zero-order valence-corrected chi connectivity index (χ0v) is 16.0. The number of hydrogen-bond acceptors (Lipinski definition) is 5. The van der Waals surface area contributed by atoms with E-state index in [-0.39, 0.29) is 14.8 Å². The van der Waals surface area contributed by atoms with Crippen molar-refractivity contribution in [2.45, 2.75) is 24.7 Å². The number of carbonyl (C=O) groups is 3. The number of fused-ring (bicyclic) bond motifs is 1. The molecule has 0 bridgehead atoms. The van der Waals surface area contributed by atoms with Crippen LogP contribution in [0.1, 0.15) is 30.1 Å². The molecule has 3 rings (SSSR count). The summed E-state index contributed by atoms with van der Waals surface area (Å²) in [6.45, 7) is 2.29. The quantitative estimate of drug-likeness (QED) is 0.848. The molecule has 0 aromatic heterocycles. The molecule has 1 aliphatic rings. The van der Waals surface area contributed by atoms with Crippen LogP contribution in [0.2, 0.25) is 0 Å². The van der Waals surface area contributed by atoms with E-state index in [0.717, 1.165) is 6.42 Å². The second-order valence-corrected chi connectivity index (χ2v) is 7.90. The molecule has 1 aliphatic heterocycles. The second kappa shape index (κ2) is 7.81. The van der Waals surface area contributed by atoms with Crippen LogP contribution in [-0.2, 0) is 10.0 Å². The molecule has 0 aliphatic carbocycles. The van der Waals surface area contributed by atoms with Crippen molar-refractivity contribution in [3.63, 3.8) is 0 Å². The Balaban J connectivity index is 1.84. The number of benzene rings is 2. The van der Waals surface area contributed by atoms with E-state index in [4.69, 9.17) is 0 Å². The van der Waals surface area contributed by atoms with Crippen LogP contribution in [0.25, 0.3) is 0 Å². The Hall–Kier alpha value is -3.20. The number of urea groups is 2. The average molecular weight is 401 g/mol. The van der Waals surface area contributed by atoms with Crippen LogP contribution in [0.15, 0.2) is 59.5 Å². The van der Waals surface area contributed by atoms with Crippen molar-refractivity contribution in [1.82, 2.24) is 9.62 Å². The average Bonchev–Trinajstić information content (AvgIpc) is 2.89. The molecule has 0 unspecified atom stereocenters. The van der Waals surface area contributed by atoms with E-state index in [1.807, 2.05) is 12.2 Å². The summed E-state index contributed by atoms with van der Waals surface area (Å²) in [4.78, 5) is 38.7. The van der Waals surface area contributed by atoms with E-state index in [1.54, 1.807) is 30.3 Å². The molecule has 2 aromatic carbocycles. The Morgan fingerprint density at radius 3 is 2.32 bits per heavy atom. The summed E-state index contributed by atoms with van der Waals surface area (Å²) in [5.74, 6) is -0.985. The monoisotopic (exact) mass is 401 g/mol. The minimum absolute atomic E-state index is 0.0958. The Morgan fingerprint density at radius 2 is 1.68 bits per heavy atom. The minimum Gasteiger partial charge on any atom is -0.294 e. The second-order valence-electron chi connectivity index (χ2n) is 6.15. The third-order valence-electron chi connectivity index (χ3n) is 4.27. The summed E-state index contributed by atoms with van der Waals surface area (Å²) in [7, 11) is -4.35. The molecule has 0 saturated heterocycles. The first-order valence-electron chi connectivity index (χ1n) is 8.74. The van der Waals surface area contributed by atoms with E-state index < -0.39 is 28.0 Å². The first kappa shape index (κ1) is 19.6.